The fraction of sp³-hybridized carbons (Fsp3) is 0.118. The van der Waals surface area contributed by atoms with Gasteiger partial charge in [-0.15, -0.1) is 0 Å². The maximum absolute atomic E-state index is 12.0. The molecule has 25 heavy (non-hydrogen) atoms. The van der Waals surface area contributed by atoms with E-state index in [4.69, 9.17) is 21.1 Å². The highest BCUT2D eigenvalue weighted by molar-refractivity contribution is 6.34. The molecule has 8 heteroatoms. The first-order valence-electron chi connectivity index (χ1n) is 7.09. The Morgan fingerprint density at radius 1 is 1.20 bits per heavy atom. The number of non-ortho nitro benzene ring substituents is 1. The quantitative estimate of drug-likeness (QED) is 0.478. The number of methoxy groups -OCH3 is 2. The van der Waals surface area contributed by atoms with Gasteiger partial charge >= 0.3 is 0 Å². The van der Waals surface area contributed by atoms with Crippen LogP contribution in [0.2, 0.25) is 5.02 Å². The molecule has 2 aromatic carbocycles. The number of halogens is 1. The third kappa shape index (κ3) is 4.71. The van der Waals surface area contributed by atoms with Gasteiger partial charge in [0, 0.05) is 30.3 Å². The number of benzene rings is 2. The van der Waals surface area contributed by atoms with Crippen molar-refractivity contribution in [2.45, 2.75) is 0 Å². The number of ether oxygens (including phenoxy) is 2. The molecule has 1 amide bonds. The summed E-state index contributed by atoms with van der Waals surface area (Å²) in [4.78, 5) is 22.3. The molecule has 0 unspecified atom stereocenters. The Morgan fingerprint density at radius 3 is 2.52 bits per heavy atom. The van der Waals surface area contributed by atoms with Gasteiger partial charge in [0.15, 0.2) is 11.5 Å². The van der Waals surface area contributed by atoms with Crippen LogP contribution in [-0.4, -0.2) is 25.1 Å². The molecule has 0 heterocycles. The summed E-state index contributed by atoms with van der Waals surface area (Å²) in [5.41, 5.74) is 0.835. The summed E-state index contributed by atoms with van der Waals surface area (Å²) in [7, 11) is 2.95. The highest BCUT2D eigenvalue weighted by Gasteiger charge is 2.11. The number of carbonyl (C=O) groups excluding carboxylic acids is 1. The first kappa shape index (κ1) is 18.3. The summed E-state index contributed by atoms with van der Waals surface area (Å²) >= 11 is 6.10. The van der Waals surface area contributed by atoms with E-state index in [1.165, 1.54) is 44.6 Å². The normalized spacial score (nSPS) is 10.5. The zero-order valence-corrected chi connectivity index (χ0v) is 14.2. The molecule has 130 valence electrons. The standard InChI is InChI=1S/C17H15ClN2O5/c1-24-15-9-13(18)14(10-16(15)25-2)19-17(21)7-6-11-4-3-5-12(8-11)20(22)23/h3-10H,1-2H3,(H,19,21)/b7-6+. The molecular weight excluding hydrogens is 348 g/mol. The highest BCUT2D eigenvalue weighted by Crippen LogP contribution is 2.36. The summed E-state index contributed by atoms with van der Waals surface area (Å²) in [6.45, 7) is 0. The molecule has 1 N–H and O–H groups in total. The van der Waals surface area contributed by atoms with Crippen molar-refractivity contribution in [2.75, 3.05) is 19.5 Å². The highest BCUT2D eigenvalue weighted by atomic mass is 35.5. The van der Waals surface area contributed by atoms with E-state index in [9.17, 15) is 14.9 Å². The van der Waals surface area contributed by atoms with E-state index >= 15 is 0 Å². The van der Waals surface area contributed by atoms with E-state index in [-0.39, 0.29) is 10.7 Å². The van der Waals surface area contributed by atoms with Crippen LogP contribution < -0.4 is 14.8 Å². The second kappa shape index (κ2) is 8.16. The minimum absolute atomic E-state index is 0.0505. The lowest BCUT2D eigenvalue weighted by atomic mass is 10.2. The van der Waals surface area contributed by atoms with E-state index in [0.717, 1.165) is 0 Å². The molecule has 0 saturated heterocycles. The average Bonchev–Trinajstić information content (AvgIpc) is 2.61. The Bertz CT molecular complexity index is 836. The van der Waals surface area contributed by atoms with Crippen molar-refractivity contribution < 1.29 is 19.2 Å². The van der Waals surface area contributed by atoms with Gasteiger partial charge in [0.1, 0.15) is 0 Å². The topological polar surface area (TPSA) is 90.7 Å². The molecule has 0 fully saturated rings. The summed E-state index contributed by atoms with van der Waals surface area (Å²) in [5.74, 6) is 0.420. The smallest absolute Gasteiger partial charge is 0.270 e. The van der Waals surface area contributed by atoms with Gasteiger partial charge in [-0.1, -0.05) is 23.7 Å². The summed E-state index contributed by atoms with van der Waals surface area (Å²) in [5, 5.41) is 13.7. The maximum Gasteiger partial charge on any atom is 0.270 e. The van der Waals surface area contributed by atoms with E-state index in [0.29, 0.717) is 22.7 Å². The molecule has 0 aliphatic rings. The SMILES string of the molecule is COc1cc(Cl)c(NC(=O)/C=C/c2cccc([N+](=O)[O-])c2)cc1OC. The molecule has 0 atom stereocenters. The van der Waals surface area contributed by atoms with Gasteiger partial charge in [-0.2, -0.15) is 0 Å². The number of amides is 1. The zero-order valence-electron chi connectivity index (χ0n) is 13.5. The van der Waals surface area contributed by atoms with E-state index in [1.54, 1.807) is 18.2 Å². The molecule has 0 bridgehead atoms. The van der Waals surface area contributed by atoms with Crippen molar-refractivity contribution >= 4 is 35.0 Å². The molecule has 2 aromatic rings. The van der Waals surface area contributed by atoms with Gasteiger partial charge in [0.05, 0.1) is 29.9 Å². The number of hydrogen-bond acceptors (Lipinski definition) is 5. The third-order valence-corrected chi connectivity index (χ3v) is 3.55. The average molecular weight is 363 g/mol. The Morgan fingerprint density at radius 2 is 1.88 bits per heavy atom. The van der Waals surface area contributed by atoms with Crippen LogP contribution >= 0.6 is 11.6 Å². The molecule has 0 aliphatic carbocycles. The molecule has 0 saturated carbocycles. The van der Waals surface area contributed by atoms with Crippen LogP contribution in [0.4, 0.5) is 11.4 Å². The second-order valence-electron chi connectivity index (χ2n) is 4.86. The number of carbonyl (C=O) groups is 1. The molecule has 7 nitrogen and oxygen atoms in total. The fourth-order valence-corrected chi connectivity index (χ4v) is 2.24. The number of nitrogens with one attached hydrogen (secondary N) is 1. The number of rotatable bonds is 6. The van der Waals surface area contributed by atoms with Gasteiger partial charge in [0.25, 0.3) is 5.69 Å². The summed E-state index contributed by atoms with van der Waals surface area (Å²) in [6, 6.07) is 9.01. The Labute approximate surface area is 149 Å². The van der Waals surface area contributed by atoms with Gasteiger partial charge < -0.3 is 14.8 Å². The van der Waals surface area contributed by atoms with Crippen LogP contribution in [0.15, 0.2) is 42.5 Å². The minimum Gasteiger partial charge on any atom is -0.493 e. The maximum atomic E-state index is 12.0. The van der Waals surface area contributed by atoms with E-state index in [1.807, 2.05) is 0 Å². The van der Waals surface area contributed by atoms with Crippen LogP contribution in [0.3, 0.4) is 0 Å². The van der Waals surface area contributed by atoms with Crippen LogP contribution in [0.25, 0.3) is 6.08 Å². The minimum atomic E-state index is -0.499. The van der Waals surface area contributed by atoms with Crippen LogP contribution in [-0.2, 0) is 4.79 Å². The number of anilines is 1. The molecule has 2 rings (SSSR count). The zero-order chi connectivity index (χ0) is 18.4. The predicted octanol–water partition coefficient (Wildman–Crippen LogP) is 3.92. The second-order valence-corrected chi connectivity index (χ2v) is 5.27. The summed E-state index contributed by atoms with van der Waals surface area (Å²) in [6.07, 6.45) is 2.73. The molecule has 0 radical (unpaired) electrons. The van der Waals surface area contributed by atoms with Gasteiger partial charge in [-0.25, -0.2) is 0 Å². The third-order valence-electron chi connectivity index (χ3n) is 3.24. The Kier molecular flexibility index (Phi) is 5.97. The monoisotopic (exact) mass is 362 g/mol. The first-order chi connectivity index (χ1) is 11.9. The lowest BCUT2D eigenvalue weighted by Gasteiger charge is -2.11. The Balaban J connectivity index is 2.15. The Hall–Kier alpha value is -3.06. The number of hydrogen-bond donors (Lipinski definition) is 1. The van der Waals surface area contributed by atoms with E-state index in [2.05, 4.69) is 5.32 Å². The lowest BCUT2D eigenvalue weighted by molar-refractivity contribution is -0.384. The molecular formula is C17H15ClN2O5. The summed E-state index contributed by atoms with van der Waals surface area (Å²) < 4.78 is 10.3. The van der Waals surface area contributed by atoms with Crippen LogP contribution in [0, 0.1) is 10.1 Å². The fourth-order valence-electron chi connectivity index (χ4n) is 2.04. The first-order valence-corrected chi connectivity index (χ1v) is 7.47. The van der Waals surface area contributed by atoms with Crippen molar-refractivity contribution in [1.29, 1.82) is 0 Å². The van der Waals surface area contributed by atoms with Gasteiger partial charge in [0.2, 0.25) is 5.91 Å². The lowest BCUT2D eigenvalue weighted by Crippen LogP contribution is -2.08. The number of nitro benzene ring substituents is 1. The molecule has 0 aliphatic heterocycles. The predicted molar refractivity (Wildman–Crippen MR) is 95.3 cm³/mol. The van der Waals surface area contributed by atoms with Crippen molar-refractivity contribution in [2.24, 2.45) is 0 Å². The van der Waals surface area contributed by atoms with Gasteiger partial charge in [-0.3, -0.25) is 14.9 Å². The van der Waals surface area contributed by atoms with Gasteiger partial charge in [-0.05, 0) is 11.6 Å². The van der Waals surface area contributed by atoms with Crippen molar-refractivity contribution in [3.63, 3.8) is 0 Å². The molecule has 0 aromatic heterocycles. The largest absolute Gasteiger partial charge is 0.493 e. The van der Waals surface area contributed by atoms with Crippen molar-refractivity contribution in [3.8, 4) is 11.5 Å². The van der Waals surface area contributed by atoms with Crippen LogP contribution in [0.5, 0.6) is 11.5 Å². The number of nitrogens with zero attached hydrogens (tertiary/aromatic N) is 1. The van der Waals surface area contributed by atoms with Crippen LogP contribution in [0.1, 0.15) is 5.56 Å². The van der Waals surface area contributed by atoms with Crippen molar-refractivity contribution in [1.82, 2.24) is 0 Å². The number of nitro groups is 1. The van der Waals surface area contributed by atoms with E-state index < -0.39 is 10.8 Å². The van der Waals surface area contributed by atoms with Crippen molar-refractivity contribution in [3.05, 3.63) is 63.2 Å². The molecule has 0 spiro atoms.